The Hall–Kier alpha value is -0.930. The van der Waals surface area contributed by atoms with E-state index < -0.39 is 0 Å². The monoisotopic (exact) mass is 233 g/mol. The minimum absolute atomic E-state index is 0.496. The Balaban J connectivity index is 1.98. The van der Waals surface area contributed by atoms with Crippen molar-refractivity contribution in [1.82, 2.24) is 15.2 Å². The number of nitrogens with one attached hydrogen (secondary N) is 1. The highest BCUT2D eigenvalue weighted by atomic mass is 15.2. The van der Waals surface area contributed by atoms with Crippen LogP contribution in [-0.4, -0.2) is 35.6 Å². The maximum atomic E-state index is 4.09. The lowest BCUT2D eigenvalue weighted by atomic mass is 10.1. The normalized spacial score (nSPS) is 24.2. The Morgan fingerprint density at radius 2 is 2.18 bits per heavy atom. The Morgan fingerprint density at radius 3 is 2.88 bits per heavy atom. The highest BCUT2D eigenvalue weighted by Crippen LogP contribution is 2.20. The van der Waals surface area contributed by atoms with E-state index in [-0.39, 0.29) is 0 Å². The lowest BCUT2D eigenvalue weighted by Crippen LogP contribution is -2.31. The molecule has 1 fully saturated rings. The molecule has 3 heteroatoms. The van der Waals surface area contributed by atoms with Crippen LogP contribution in [-0.2, 0) is 0 Å². The molecule has 0 amide bonds. The summed E-state index contributed by atoms with van der Waals surface area (Å²) in [4.78, 5) is 6.65. The van der Waals surface area contributed by atoms with Crippen LogP contribution >= 0.6 is 0 Å². The molecule has 0 aromatic carbocycles. The second-order valence-electron chi connectivity index (χ2n) is 4.84. The van der Waals surface area contributed by atoms with Gasteiger partial charge in [-0.3, -0.25) is 9.88 Å². The van der Waals surface area contributed by atoms with Crippen LogP contribution in [0.4, 0.5) is 0 Å². The van der Waals surface area contributed by atoms with E-state index in [2.05, 4.69) is 41.2 Å². The zero-order valence-corrected chi connectivity index (χ0v) is 10.9. The molecule has 2 heterocycles. The van der Waals surface area contributed by atoms with Gasteiger partial charge in [-0.25, -0.2) is 0 Å². The quantitative estimate of drug-likeness (QED) is 0.867. The van der Waals surface area contributed by atoms with Gasteiger partial charge in [0, 0.05) is 44.1 Å². The van der Waals surface area contributed by atoms with Crippen molar-refractivity contribution >= 4 is 0 Å². The average molecular weight is 233 g/mol. The van der Waals surface area contributed by atoms with Gasteiger partial charge in [0.25, 0.3) is 0 Å². The van der Waals surface area contributed by atoms with Crippen LogP contribution in [0.1, 0.15) is 38.3 Å². The van der Waals surface area contributed by atoms with Crippen LogP contribution in [0.5, 0.6) is 0 Å². The average Bonchev–Trinajstić information content (AvgIpc) is 2.64. The fourth-order valence-electron chi connectivity index (χ4n) is 2.54. The third-order valence-electron chi connectivity index (χ3n) is 3.83. The minimum atomic E-state index is 0.496. The fraction of sp³-hybridized carbons (Fsp3) is 0.643. The molecule has 2 atom stereocenters. The first-order chi connectivity index (χ1) is 8.31. The highest BCUT2D eigenvalue weighted by molar-refractivity contribution is 5.14. The van der Waals surface area contributed by atoms with Gasteiger partial charge in [0.05, 0.1) is 0 Å². The molecular formula is C14H23N3. The van der Waals surface area contributed by atoms with Gasteiger partial charge in [0.2, 0.25) is 0 Å². The van der Waals surface area contributed by atoms with Crippen molar-refractivity contribution in [3.63, 3.8) is 0 Å². The first kappa shape index (κ1) is 12.5. The van der Waals surface area contributed by atoms with Gasteiger partial charge in [-0.1, -0.05) is 6.92 Å². The lowest BCUT2D eigenvalue weighted by molar-refractivity contribution is 0.223. The van der Waals surface area contributed by atoms with Crippen molar-refractivity contribution in [2.45, 2.75) is 38.8 Å². The number of nitrogens with zero attached hydrogens (tertiary/aromatic N) is 2. The molecule has 0 saturated carbocycles. The summed E-state index contributed by atoms with van der Waals surface area (Å²) in [6.07, 6.45) is 6.26. The lowest BCUT2D eigenvalue weighted by Gasteiger charge is -2.27. The number of rotatable bonds is 3. The van der Waals surface area contributed by atoms with Crippen LogP contribution in [0.2, 0.25) is 0 Å². The van der Waals surface area contributed by atoms with Crippen molar-refractivity contribution in [2.75, 3.05) is 19.6 Å². The van der Waals surface area contributed by atoms with Gasteiger partial charge in [-0.05, 0) is 37.5 Å². The predicted octanol–water partition coefficient (Wildman–Crippen LogP) is 2.22. The first-order valence-electron chi connectivity index (χ1n) is 6.68. The van der Waals surface area contributed by atoms with Crippen LogP contribution in [0, 0.1) is 0 Å². The molecule has 0 bridgehead atoms. The van der Waals surface area contributed by atoms with E-state index >= 15 is 0 Å². The topological polar surface area (TPSA) is 28.2 Å². The molecule has 2 unspecified atom stereocenters. The summed E-state index contributed by atoms with van der Waals surface area (Å²) in [6, 6.07) is 5.45. The van der Waals surface area contributed by atoms with Gasteiger partial charge < -0.3 is 5.32 Å². The van der Waals surface area contributed by atoms with E-state index in [1.807, 2.05) is 12.4 Å². The van der Waals surface area contributed by atoms with Gasteiger partial charge >= 0.3 is 0 Å². The zero-order chi connectivity index (χ0) is 12.1. The molecule has 0 aliphatic carbocycles. The smallest absolute Gasteiger partial charge is 0.0321 e. The van der Waals surface area contributed by atoms with E-state index in [0.29, 0.717) is 12.1 Å². The highest BCUT2D eigenvalue weighted by Gasteiger charge is 2.19. The summed E-state index contributed by atoms with van der Waals surface area (Å²) in [6.45, 7) is 7.99. The van der Waals surface area contributed by atoms with E-state index in [4.69, 9.17) is 0 Å². The number of aromatic nitrogens is 1. The van der Waals surface area contributed by atoms with Crippen molar-refractivity contribution in [2.24, 2.45) is 0 Å². The summed E-state index contributed by atoms with van der Waals surface area (Å²) in [5.74, 6) is 0. The molecule has 17 heavy (non-hydrogen) atoms. The molecule has 1 saturated heterocycles. The number of hydrogen-bond donors (Lipinski definition) is 1. The largest absolute Gasteiger partial charge is 0.313 e. The molecule has 0 spiro atoms. The number of pyridine rings is 1. The summed E-state index contributed by atoms with van der Waals surface area (Å²) < 4.78 is 0. The molecule has 1 aromatic rings. The summed E-state index contributed by atoms with van der Waals surface area (Å²) in [5.41, 5.74) is 1.37. The maximum Gasteiger partial charge on any atom is 0.0321 e. The predicted molar refractivity (Wildman–Crippen MR) is 70.9 cm³/mol. The molecule has 1 N–H and O–H groups in total. The van der Waals surface area contributed by atoms with Crippen LogP contribution in [0.15, 0.2) is 24.5 Å². The van der Waals surface area contributed by atoms with E-state index in [9.17, 15) is 0 Å². The minimum Gasteiger partial charge on any atom is -0.313 e. The van der Waals surface area contributed by atoms with Gasteiger partial charge in [0.15, 0.2) is 0 Å². The fourth-order valence-corrected chi connectivity index (χ4v) is 2.54. The Kier molecular flexibility index (Phi) is 4.51. The van der Waals surface area contributed by atoms with Crippen LogP contribution < -0.4 is 5.32 Å². The van der Waals surface area contributed by atoms with E-state index in [1.54, 1.807) is 0 Å². The second kappa shape index (κ2) is 6.12. The molecule has 1 aromatic heterocycles. The third-order valence-corrected chi connectivity index (χ3v) is 3.83. The maximum absolute atomic E-state index is 4.09. The summed E-state index contributed by atoms with van der Waals surface area (Å²) >= 11 is 0. The van der Waals surface area contributed by atoms with Gasteiger partial charge in [-0.15, -0.1) is 0 Å². The molecule has 1 aliphatic heterocycles. The zero-order valence-electron chi connectivity index (χ0n) is 10.9. The molecular weight excluding hydrogens is 210 g/mol. The van der Waals surface area contributed by atoms with E-state index in [0.717, 1.165) is 13.1 Å². The Labute approximate surface area is 104 Å². The molecule has 0 radical (unpaired) electrons. The Bertz CT molecular complexity index is 325. The molecule has 94 valence electrons. The van der Waals surface area contributed by atoms with Crippen molar-refractivity contribution < 1.29 is 0 Å². The second-order valence-corrected chi connectivity index (χ2v) is 4.84. The van der Waals surface area contributed by atoms with Crippen molar-refractivity contribution in [3.8, 4) is 0 Å². The first-order valence-corrected chi connectivity index (χ1v) is 6.68. The van der Waals surface area contributed by atoms with Gasteiger partial charge in [0.1, 0.15) is 0 Å². The molecule has 2 rings (SSSR count). The standard InChI is InChI=1S/C14H23N3/c1-3-14-6-10-17(11-9-16-14)12(2)13-4-7-15-8-5-13/h4-5,7-8,12,14,16H,3,6,9-11H2,1-2H3. The van der Waals surface area contributed by atoms with Crippen LogP contribution in [0.25, 0.3) is 0 Å². The SMILES string of the molecule is CCC1CCN(C(C)c2ccncc2)CCN1. The third kappa shape index (κ3) is 3.27. The van der Waals surface area contributed by atoms with Gasteiger partial charge in [-0.2, -0.15) is 0 Å². The van der Waals surface area contributed by atoms with Crippen LogP contribution in [0.3, 0.4) is 0 Å². The Morgan fingerprint density at radius 1 is 1.41 bits per heavy atom. The molecule has 1 aliphatic rings. The summed E-state index contributed by atoms with van der Waals surface area (Å²) in [5, 5.41) is 3.61. The molecule has 3 nitrogen and oxygen atoms in total. The van der Waals surface area contributed by atoms with Crippen molar-refractivity contribution in [1.29, 1.82) is 0 Å². The summed E-state index contributed by atoms with van der Waals surface area (Å²) in [7, 11) is 0. The number of hydrogen-bond acceptors (Lipinski definition) is 3. The van der Waals surface area contributed by atoms with Crippen molar-refractivity contribution in [3.05, 3.63) is 30.1 Å². The van der Waals surface area contributed by atoms with E-state index in [1.165, 1.54) is 24.9 Å².